The summed E-state index contributed by atoms with van der Waals surface area (Å²) in [7, 11) is 0. The number of hydrogen-bond acceptors (Lipinski definition) is 7. The summed E-state index contributed by atoms with van der Waals surface area (Å²) in [5, 5.41) is 10.5. The van der Waals surface area contributed by atoms with Crippen LogP contribution in [0.2, 0.25) is 0 Å². The fourth-order valence-corrected chi connectivity index (χ4v) is 4.55. The number of nitrogens with zero attached hydrogens (tertiary/aromatic N) is 4. The maximum absolute atomic E-state index is 12.8. The van der Waals surface area contributed by atoms with Gasteiger partial charge in [0.2, 0.25) is 0 Å². The van der Waals surface area contributed by atoms with Crippen LogP contribution in [0.5, 0.6) is 0 Å². The summed E-state index contributed by atoms with van der Waals surface area (Å²) in [5.74, 6) is 1.10. The minimum absolute atomic E-state index is 0.0687. The number of aliphatic hydroxyl groups excluding tert-OH is 1. The van der Waals surface area contributed by atoms with Crippen LogP contribution >= 0.6 is 0 Å². The normalized spacial score (nSPS) is 21.4. The molecule has 1 N–H and O–H groups in total. The number of aliphatic hydroxyl groups is 1. The lowest BCUT2D eigenvalue weighted by Gasteiger charge is -2.49. The van der Waals surface area contributed by atoms with Gasteiger partial charge in [0.1, 0.15) is 17.9 Å². The lowest BCUT2D eigenvalue weighted by molar-refractivity contribution is 0.0232. The highest BCUT2D eigenvalue weighted by Gasteiger charge is 2.43. The monoisotopic (exact) mass is 398 g/mol. The van der Waals surface area contributed by atoms with Gasteiger partial charge in [-0.25, -0.2) is 9.97 Å². The number of amides is 1. The van der Waals surface area contributed by atoms with Gasteiger partial charge in [-0.15, -0.1) is 0 Å². The fourth-order valence-electron chi connectivity index (χ4n) is 4.55. The molecule has 29 heavy (non-hydrogen) atoms. The van der Waals surface area contributed by atoms with Crippen LogP contribution in [-0.2, 0) is 0 Å². The summed E-state index contributed by atoms with van der Waals surface area (Å²) in [6, 6.07) is 4.56. The molecule has 1 amide bonds. The van der Waals surface area contributed by atoms with E-state index in [1.165, 1.54) is 12.1 Å². The van der Waals surface area contributed by atoms with Crippen molar-refractivity contribution in [1.29, 1.82) is 0 Å². The summed E-state index contributed by atoms with van der Waals surface area (Å²) in [5.41, 5.74) is 0.599. The van der Waals surface area contributed by atoms with Gasteiger partial charge in [-0.05, 0) is 38.5 Å². The second kappa shape index (κ2) is 7.59. The molecule has 154 valence electrons. The lowest BCUT2D eigenvalue weighted by Crippen LogP contribution is -2.54. The zero-order chi connectivity index (χ0) is 20.6. The number of aromatic nitrogens is 2. The second-order valence-corrected chi connectivity index (χ2v) is 8.32. The van der Waals surface area contributed by atoms with Crippen molar-refractivity contribution in [2.75, 3.05) is 31.1 Å². The third kappa shape index (κ3) is 4.17. The van der Waals surface area contributed by atoms with E-state index in [9.17, 15) is 14.7 Å². The minimum Gasteiger partial charge on any atom is -0.456 e. The van der Waals surface area contributed by atoms with Crippen LogP contribution < -0.4 is 10.3 Å². The Balaban J connectivity index is 1.47. The van der Waals surface area contributed by atoms with Gasteiger partial charge in [-0.2, -0.15) is 0 Å². The topological polar surface area (TPSA) is 99.8 Å². The molecule has 2 saturated heterocycles. The molecule has 8 nitrogen and oxygen atoms in total. The Morgan fingerprint density at radius 3 is 2.66 bits per heavy atom. The predicted molar refractivity (Wildman–Crippen MR) is 107 cm³/mol. The van der Waals surface area contributed by atoms with Crippen molar-refractivity contribution in [1.82, 2.24) is 14.9 Å². The number of piperidine rings is 2. The third-order valence-corrected chi connectivity index (χ3v) is 5.95. The van der Waals surface area contributed by atoms with E-state index >= 15 is 0 Å². The molecule has 0 saturated carbocycles. The van der Waals surface area contributed by atoms with Gasteiger partial charge in [0.15, 0.2) is 11.2 Å². The molecule has 0 aliphatic carbocycles. The fraction of sp³-hybridized carbons (Fsp3) is 0.524. The molecular weight excluding hydrogens is 372 g/mol. The van der Waals surface area contributed by atoms with E-state index < -0.39 is 6.10 Å². The molecule has 0 bridgehead atoms. The van der Waals surface area contributed by atoms with Crippen molar-refractivity contribution in [3.63, 3.8) is 0 Å². The predicted octanol–water partition coefficient (Wildman–Crippen LogP) is 1.54. The molecule has 0 radical (unpaired) electrons. The Bertz CT molecular complexity index is 965. The molecule has 1 spiro atoms. The van der Waals surface area contributed by atoms with Crippen molar-refractivity contribution in [3.05, 3.63) is 52.0 Å². The molecule has 2 aromatic heterocycles. The van der Waals surface area contributed by atoms with Crippen molar-refractivity contribution < 1.29 is 14.3 Å². The Hall–Kier alpha value is -2.74. The third-order valence-electron chi connectivity index (χ3n) is 5.95. The second-order valence-electron chi connectivity index (χ2n) is 8.32. The average molecular weight is 398 g/mol. The van der Waals surface area contributed by atoms with Gasteiger partial charge in [0, 0.05) is 50.1 Å². The van der Waals surface area contributed by atoms with Crippen LogP contribution in [-0.4, -0.2) is 58.2 Å². The van der Waals surface area contributed by atoms with E-state index in [1.54, 1.807) is 18.2 Å². The van der Waals surface area contributed by atoms with E-state index in [1.807, 2.05) is 13.0 Å². The summed E-state index contributed by atoms with van der Waals surface area (Å²) >= 11 is 0. The SMILES string of the molecule is Cc1cc(N2CC(O)CC3(CCN(C(=O)c4cc(=O)cc(C)o4)CC3)C2)ncn1. The summed E-state index contributed by atoms with van der Waals surface area (Å²) in [6.45, 7) is 6.07. The van der Waals surface area contributed by atoms with Gasteiger partial charge in [-0.3, -0.25) is 9.59 Å². The standard InChI is InChI=1S/C21H26N4O4/c1-14-7-19(23-13-22-14)25-11-17(27)10-21(12-25)3-5-24(6-4-21)20(28)18-9-16(26)8-15(2)29-18/h7-9,13,17,27H,3-6,10-12H2,1-2H3. The number of anilines is 1. The lowest BCUT2D eigenvalue weighted by atomic mass is 9.71. The van der Waals surface area contributed by atoms with Crippen LogP contribution in [0, 0.1) is 19.3 Å². The van der Waals surface area contributed by atoms with Gasteiger partial charge in [0.05, 0.1) is 6.10 Å². The Morgan fingerprint density at radius 1 is 1.21 bits per heavy atom. The summed E-state index contributed by atoms with van der Waals surface area (Å²) in [6.07, 6.45) is 3.40. The average Bonchev–Trinajstić information content (AvgIpc) is 2.67. The molecule has 1 atom stereocenters. The number of carbonyl (C=O) groups is 1. The Kier molecular flexibility index (Phi) is 5.12. The molecule has 4 rings (SSSR count). The quantitative estimate of drug-likeness (QED) is 0.819. The first-order valence-corrected chi connectivity index (χ1v) is 9.96. The highest BCUT2D eigenvalue weighted by atomic mass is 16.3. The van der Waals surface area contributed by atoms with Gasteiger partial charge in [0.25, 0.3) is 5.91 Å². The van der Waals surface area contributed by atoms with Crippen LogP contribution in [0.3, 0.4) is 0 Å². The molecule has 2 aliphatic rings. The molecule has 4 heterocycles. The van der Waals surface area contributed by atoms with E-state index in [0.29, 0.717) is 25.4 Å². The van der Waals surface area contributed by atoms with Gasteiger partial charge >= 0.3 is 0 Å². The Labute approximate surface area is 169 Å². The maximum atomic E-state index is 12.8. The van der Waals surface area contributed by atoms with Crippen LogP contribution in [0.25, 0.3) is 0 Å². The van der Waals surface area contributed by atoms with E-state index in [2.05, 4.69) is 14.9 Å². The molecule has 2 aliphatic heterocycles. The van der Waals surface area contributed by atoms with Crippen LogP contribution in [0.4, 0.5) is 5.82 Å². The molecule has 0 aromatic carbocycles. The van der Waals surface area contributed by atoms with Crippen molar-refractivity contribution in [2.24, 2.45) is 5.41 Å². The maximum Gasteiger partial charge on any atom is 0.289 e. The van der Waals surface area contributed by atoms with E-state index in [-0.39, 0.29) is 22.5 Å². The summed E-state index contributed by atoms with van der Waals surface area (Å²) < 4.78 is 5.46. The largest absolute Gasteiger partial charge is 0.456 e. The number of aryl methyl sites for hydroxylation is 2. The number of likely N-dealkylation sites (tertiary alicyclic amines) is 1. The number of β-amino-alcohol motifs (C(OH)–C–C–N with tert-alkyl or cyclic N) is 1. The zero-order valence-corrected chi connectivity index (χ0v) is 16.8. The van der Waals surface area contributed by atoms with Gasteiger partial charge in [-0.1, -0.05) is 0 Å². The first-order valence-electron chi connectivity index (χ1n) is 9.96. The van der Waals surface area contributed by atoms with E-state index in [0.717, 1.165) is 37.3 Å². The highest BCUT2D eigenvalue weighted by Crippen LogP contribution is 2.41. The Morgan fingerprint density at radius 2 is 1.97 bits per heavy atom. The van der Waals surface area contributed by atoms with Crippen LogP contribution in [0.1, 0.15) is 41.3 Å². The molecule has 2 fully saturated rings. The van der Waals surface area contributed by atoms with Crippen molar-refractivity contribution >= 4 is 11.7 Å². The molecular formula is C21H26N4O4. The first kappa shape index (κ1) is 19.6. The van der Waals surface area contributed by atoms with Crippen molar-refractivity contribution in [2.45, 2.75) is 39.2 Å². The van der Waals surface area contributed by atoms with Crippen LogP contribution in [0.15, 0.2) is 33.7 Å². The van der Waals surface area contributed by atoms with Gasteiger partial charge < -0.3 is 19.3 Å². The summed E-state index contributed by atoms with van der Waals surface area (Å²) in [4.78, 5) is 36.9. The zero-order valence-electron chi connectivity index (χ0n) is 16.8. The van der Waals surface area contributed by atoms with Crippen molar-refractivity contribution in [3.8, 4) is 0 Å². The molecule has 2 aromatic rings. The smallest absolute Gasteiger partial charge is 0.289 e. The van der Waals surface area contributed by atoms with E-state index in [4.69, 9.17) is 4.42 Å². The number of carbonyl (C=O) groups excluding carboxylic acids is 1. The molecule has 8 heteroatoms. The first-order chi connectivity index (χ1) is 13.8. The minimum atomic E-state index is -0.434. The number of hydrogen-bond donors (Lipinski definition) is 1. The highest BCUT2D eigenvalue weighted by molar-refractivity contribution is 5.91. The molecule has 1 unspecified atom stereocenters. The number of rotatable bonds is 2.